The molecule has 1 N–H and O–H groups in total. The van der Waals surface area contributed by atoms with Gasteiger partial charge in [0.2, 0.25) is 10.0 Å². The monoisotopic (exact) mass is 411 g/mol. The standard InChI is InChI=1S/C18H16F3N3O3S/c19-18(20,21)27-15-9-3-4-10-16(15)28(25,26)24-11-5-8-14(24)17-22-12-6-1-2-7-13(12)23-17/h1-4,6-7,9-10,14H,5,8,11H2,(H,22,23). The summed E-state index contributed by atoms with van der Waals surface area (Å²) in [5.74, 6) is -0.276. The molecule has 1 fully saturated rings. The van der Waals surface area contributed by atoms with Gasteiger partial charge in [0, 0.05) is 6.54 Å². The second kappa shape index (κ2) is 6.78. The van der Waals surface area contributed by atoms with Crippen molar-refractivity contribution in [3.05, 3.63) is 54.4 Å². The number of nitrogens with one attached hydrogen (secondary N) is 1. The van der Waals surface area contributed by atoms with Gasteiger partial charge >= 0.3 is 6.36 Å². The van der Waals surface area contributed by atoms with Gasteiger partial charge in [-0.2, -0.15) is 4.31 Å². The number of H-pyrrole nitrogens is 1. The molecular weight excluding hydrogens is 395 g/mol. The molecule has 1 unspecified atom stereocenters. The van der Waals surface area contributed by atoms with Crippen LogP contribution in [-0.2, 0) is 10.0 Å². The lowest BCUT2D eigenvalue weighted by Gasteiger charge is -2.24. The molecule has 0 radical (unpaired) electrons. The van der Waals surface area contributed by atoms with E-state index >= 15 is 0 Å². The molecule has 2 aromatic carbocycles. The summed E-state index contributed by atoms with van der Waals surface area (Å²) in [6.45, 7) is 0.185. The Morgan fingerprint density at radius 1 is 1.11 bits per heavy atom. The summed E-state index contributed by atoms with van der Waals surface area (Å²) in [4.78, 5) is 7.06. The van der Waals surface area contributed by atoms with Crippen LogP contribution in [0.4, 0.5) is 13.2 Å². The normalized spacial score (nSPS) is 18.6. The van der Waals surface area contributed by atoms with E-state index < -0.39 is 33.1 Å². The van der Waals surface area contributed by atoms with Gasteiger partial charge in [0.1, 0.15) is 16.5 Å². The van der Waals surface area contributed by atoms with Gasteiger partial charge in [0.25, 0.3) is 0 Å². The van der Waals surface area contributed by atoms with Gasteiger partial charge < -0.3 is 9.72 Å². The summed E-state index contributed by atoms with van der Waals surface area (Å²) in [7, 11) is -4.23. The summed E-state index contributed by atoms with van der Waals surface area (Å²) in [6.07, 6.45) is -3.90. The van der Waals surface area contributed by atoms with Crippen LogP contribution in [0.1, 0.15) is 24.7 Å². The van der Waals surface area contributed by atoms with Crippen molar-refractivity contribution in [3.63, 3.8) is 0 Å². The Labute approximate surface area is 159 Å². The Morgan fingerprint density at radius 3 is 2.57 bits per heavy atom. The number of para-hydroxylation sites is 3. The second-order valence-electron chi connectivity index (χ2n) is 6.41. The molecule has 1 aliphatic heterocycles. The van der Waals surface area contributed by atoms with Crippen molar-refractivity contribution in [2.75, 3.05) is 6.54 Å². The SMILES string of the molecule is O=S(=O)(c1ccccc1OC(F)(F)F)N1CCCC1c1nc2ccccc2[nH]1. The van der Waals surface area contributed by atoms with Gasteiger partial charge in [-0.1, -0.05) is 24.3 Å². The molecule has 1 aromatic heterocycles. The molecule has 28 heavy (non-hydrogen) atoms. The zero-order valence-electron chi connectivity index (χ0n) is 14.5. The first kappa shape index (κ1) is 18.8. The van der Waals surface area contributed by atoms with Crippen LogP contribution in [0, 0.1) is 0 Å². The number of fused-ring (bicyclic) bond motifs is 1. The zero-order valence-corrected chi connectivity index (χ0v) is 15.3. The Balaban J connectivity index is 1.73. The maximum atomic E-state index is 13.2. The number of rotatable bonds is 4. The summed E-state index contributed by atoms with van der Waals surface area (Å²) >= 11 is 0. The summed E-state index contributed by atoms with van der Waals surface area (Å²) < 4.78 is 69.6. The maximum Gasteiger partial charge on any atom is 0.573 e. The van der Waals surface area contributed by atoms with Crippen LogP contribution in [0.2, 0.25) is 0 Å². The summed E-state index contributed by atoms with van der Waals surface area (Å²) in [5.41, 5.74) is 1.46. The minimum atomic E-state index is -4.99. The topological polar surface area (TPSA) is 75.3 Å². The minimum absolute atomic E-state index is 0.185. The highest BCUT2D eigenvalue weighted by atomic mass is 32.2. The predicted molar refractivity (Wildman–Crippen MR) is 95.1 cm³/mol. The first-order valence-corrected chi connectivity index (χ1v) is 10.0. The van der Waals surface area contributed by atoms with Crippen LogP contribution in [0.5, 0.6) is 5.75 Å². The van der Waals surface area contributed by atoms with E-state index in [-0.39, 0.29) is 6.54 Å². The number of imidazole rings is 1. The van der Waals surface area contributed by atoms with Crippen molar-refractivity contribution in [3.8, 4) is 5.75 Å². The molecule has 148 valence electrons. The fourth-order valence-corrected chi connectivity index (χ4v) is 5.21. The molecule has 0 aliphatic carbocycles. The Kier molecular flexibility index (Phi) is 4.54. The van der Waals surface area contributed by atoms with E-state index in [1.807, 2.05) is 18.2 Å². The van der Waals surface area contributed by atoms with E-state index in [4.69, 9.17) is 0 Å². The molecule has 0 saturated carbocycles. The average molecular weight is 411 g/mol. The first-order valence-electron chi connectivity index (χ1n) is 8.57. The number of hydrogen-bond acceptors (Lipinski definition) is 4. The fourth-order valence-electron chi connectivity index (χ4n) is 3.43. The Morgan fingerprint density at radius 2 is 1.82 bits per heavy atom. The van der Waals surface area contributed by atoms with E-state index in [9.17, 15) is 21.6 Å². The third kappa shape index (κ3) is 3.45. The number of aromatic amines is 1. The third-order valence-electron chi connectivity index (χ3n) is 4.59. The van der Waals surface area contributed by atoms with E-state index in [1.54, 1.807) is 6.07 Å². The molecule has 1 atom stereocenters. The lowest BCUT2D eigenvalue weighted by Crippen LogP contribution is -2.32. The molecule has 1 saturated heterocycles. The van der Waals surface area contributed by atoms with Crippen molar-refractivity contribution in [1.82, 2.24) is 14.3 Å². The smallest absolute Gasteiger partial charge is 0.404 e. The Bertz CT molecular complexity index is 1080. The molecule has 3 aromatic rings. The predicted octanol–water partition coefficient (Wildman–Crippen LogP) is 3.99. The quantitative estimate of drug-likeness (QED) is 0.705. The highest BCUT2D eigenvalue weighted by Crippen LogP contribution is 2.39. The number of sulfonamides is 1. The number of nitrogens with zero attached hydrogens (tertiary/aromatic N) is 2. The number of alkyl halides is 3. The molecule has 0 spiro atoms. The first-order chi connectivity index (χ1) is 13.3. The number of ether oxygens (including phenoxy) is 1. The van der Waals surface area contributed by atoms with E-state index in [2.05, 4.69) is 14.7 Å². The summed E-state index contributed by atoms with van der Waals surface area (Å²) in [6, 6.07) is 11.5. The van der Waals surface area contributed by atoms with Crippen LogP contribution in [0.25, 0.3) is 11.0 Å². The van der Waals surface area contributed by atoms with Gasteiger partial charge in [-0.05, 0) is 37.1 Å². The van der Waals surface area contributed by atoms with Crippen LogP contribution in [0.15, 0.2) is 53.4 Å². The highest BCUT2D eigenvalue weighted by molar-refractivity contribution is 7.89. The van der Waals surface area contributed by atoms with Gasteiger partial charge in [0.05, 0.1) is 17.1 Å². The van der Waals surface area contributed by atoms with Crippen molar-refractivity contribution < 1.29 is 26.3 Å². The molecule has 0 bridgehead atoms. The van der Waals surface area contributed by atoms with E-state index in [0.29, 0.717) is 24.2 Å². The number of hydrogen-bond donors (Lipinski definition) is 1. The summed E-state index contributed by atoms with van der Waals surface area (Å²) in [5, 5.41) is 0. The van der Waals surface area contributed by atoms with Crippen molar-refractivity contribution in [2.24, 2.45) is 0 Å². The van der Waals surface area contributed by atoms with Crippen molar-refractivity contribution >= 4 is 21.1 Å². The molecule has 2 heterocycles. The molecule has 6 nitrogen and oxygen atoms in total. The van der Waals surface area contributed by atoms with Crippen molar-refractivity contribution in [2.45, 2.75) is 30.1 Å². The van der Waals surface area contributed by atoms with Crippen molar-refractivity contribution in [1.29, 1.82) is 0 Å². The van der Waals surface area contributed by atoms with Crippen LogP contribution in [0.3, 0.4) is 0 Å². The van der Waals surface area contributed by atoms with E-state index in [1.165, 1.54) is 16.4 Å². The van der Waals surface area contributed by atoms with Gasteiger partial charge in [-0.15, -0.1) is 13.2 Å². The molecule has 1 aliphatic rings. The lowest BCUT2D eigenvalue weighted by molar-refractivity contribution is -0.275. The second-order valence-corrected chi connectivity index (χ2v) is 8.27. The minimum Gasteiger partial charge on any atom is -0.404 e. The van der Waals surface area contributed by atoms with Gasteiger partial charge in [-0.25, -0.2) is 13.4 Å². The number of halogens is 3. The van der Waals surface area contributed by atoms with Crippen LogP contribution >= 0.6 is 0 Å². The number of aromatic nitrogens is 2. The Hall–Kier alpha value is -2.59. The van der Waals surface area contributed by atoms with Gasteiger partial charge in [0.15, 0.2) is 0 Å². The van der Waals surface area contributed by atoms with Crippen LogP contribution in [-0.4, -0.2) is 35.6 Å². The molecule has 4 rings (SSSR count). The van der Waals surface area contributed by atoms with E-state index in [0.717, 1.165) is 17.6 Å². The highest BCUT2D eigenvalue weighted by Gasteiger charge is 2.41. The maximum absolute atomic E-state index is 13.2. The van der Waals surface area contributed by atoms with Crippen LogP contribution < -0.4 is 4.74 Å². The van der Waals surface area contributed by atoms with Gasteiger partial charge in [-0.3, -0.25) is 0 Å². The third-order valence-corrected chi connectivity index (χ3v) is 6.54. The molecule has 0 amide bonds. The molecular formula is C18H16F3N3O3S. The fraction of sp³-hybridized carbons (Fsp3) is 0.278. The largest absolute Gasteiger partial charge is 0.573 e. The number of benzene rings is 2. The average Bonchev–Trinajstić information content (AvgIpc) is 3.27. The zero-order chi connectivity index (χ0) is 19.9. The lowest BCUT2D eigenvalue weighted by atomic mass is 10.2. The molecule has 10 heteroatoms.